The molecule has 14 heavy (non-hydrogen) atoms. The summed E-state index contributed by atoms with van der Waals surface area (Å²) >= 11 is 5.95. The fourth-order valence-electron chi connectivity index (χ4n) is 1.22. The third-order valence-corrected chi connectivity index (χ3v) is 2.37. The molecule has 0 radical (unpaired) electrons. The quantitative estimate of drug-likeness (QED) is 0.811. The zero-order valence-electron chi connectivity index (χ0n) is 8.24. The van der Waals surface area contributed by atoms with E-state index in [1.165, 1.54) is 0 Å². The second-order valence-corrected chi connectivity index (χ2v) is 3.62. The number of nitrogens with zero attached hydrogens (tertiary/aromatic N) is 1. The molecule has 0 saturated heterocycles. The lowest BCUT2D eigenvalue weighted by atomic mass is 10.1. The van der Waals surface area contributed by atoms with Crippen LogP contribution < -0.4 is 5.73 Å². The van der Waals surface area contributed by atoms with Gasteiger partial charge in [-0.25, -0.2) is 0 Å². The van der Waals surface area contributed by atoms with Gasteiger partial charge in [-0.05, 0) is 24.5 Å². The summed E-state index contributed by atoms with van der Waals surface area (Å²) in [4.78, 5) is 3.92. The maximum Gasteiger partial charge on any atom is 0.0621 e. The van der Waals surface area contributed by atoms with Crippen LogP contribution in [-0.4, -0.2) is 24.7 Å². The number of pyridine rings is 1. The zero-order valence-corrected chi connectivity index (χ0v) is 9.00. The van der Waals surface area contributed by atoms with Crippen LogP contribution in [0.1, 0.15) is 12.0 Å². The van der Waals surface area contributed by atoms with Gasteiger partial charge in [0.1, 0.15) is 0 Å². The highest BCUT2D eigenvalue weighted by Crippen LogP contribution is 2.15. The third-order valence-electron chi connectivity index (χ3n) is 2.03. The van der Waals surface area contributed by atoms with Crippen LogP contribution in [0.15, 0.2) is 18.5 Å². The molecule has 78 valence electrons. The Bertz CT molecular complexity index is 281. The van der Waals surface area contributed by atoms with Crippen molar-refractivity contribution in [1.82, 2.24) is 4.98 Å². The first kappa shape index (κ1) is 11.4. The van der Waals surface area contributed by atoms with Gasteiger partial charge in [0, 0.05) is 32.2 Å². The Morgan fingerprint density at radius 3 is 3.07 bits per heavy atom. The molecule has 0 bridgehead atoms. The van der Waals surface area contributed by atoms with Crippen LogP contribution in [0, 0.1) is 0 Å². The third kappa shape index (κ3) is 3.62. The standard InChI is InChI=1S/C10H15ClN2O/c1-14-5-3-9(12)6-8-2-4-13-7-10(8)11/h2,4,7,9H,3,5-6,12H2,1H3. The summed E-state index contributed by atoms with van der Waals surface area (Å²) in [5, 5.41) is 0.681. The molecule has 1 unspecified atom stereocenters. The molecule has 1 heterocycles. The summed E-state index contributed by atoms with van der Waals surface area (Å²) < 4.78 is 4.96. The number of aromatic nitrogens is 1. The second kappa shape index (κ2) is 5.96. The van der Waals surface area contributed by atoms with Gasteiger partial charge in [-0.3, -0.25) is 4.98 Å². The summed E-state index contributed by atoms with van der Waals surface area (Å²) in [5.74, 6) is 0. The van der Waals surface area contributed by atoms with Gasteiger partial charge >= 0.3 is 0 Å². The Kier molecular flexibility index (Phi) is 4.87. The topological polar surface area (TPSA) is 48.1 Å². The summed E-state index contributed by atoms with van der Waals surface area (Å²) in [6.07, 6.45) is 4.98. The fraction of sp³-hybridized carbons (Fsp3) is 0.500. The van der Waals surface area contributed by atoms with Gasteiger partial charge in [-0.2, -0.15) is 0 Å². The number of hydrogen-bond acceptors (Lipinski definition) is 3. The van der Waals surface area contributed by atoms with Crippen LogP contribution in [0.25, 0.3) is 0 Å². The van der Waals surface area contributed by atoms with Gasteiger partial charge in [-0.1, -0.05) is 11.6 Å². The average molecular weight is 215 g/mol. The molecule has 0 fully saturated rings. The van der Waals surface area contributed by atoms with Crippen LogP contribution in [0.3, 0.4) is 0 Å². The molecule has 0 aromatic carbocycles. The lowest BCUT2D eigenvalue weighted by Gasteiger charge is -2.11. The second-order valence-electron chi connectivity index (χ2n) is 3.21. The number of halogens is 1. The lowest BCUT2D eigenvalue weighted by Crippen LogP contribution is -2.24. The summed E-state index contributed by atoms with van der Waals surface area (Å²) in [5.41, 5.74) is 6.95. The summed E-state index contributed by atoms with van der Waals surface area (Å²) in [6.45, 7) is 0.684. The van der Waals surface area contributed by atoms with E-state index in [9.17, 15) is 0 Å². The van der Waals surface area contributed by atoms with Gasteiger partial charge < -0.3 is 10.5 Å². The molecule has 2 N–H and O–H groups in total. The zero-order chi connectivity index (χ0) is 10.4. The van der Waals surface area contributed by atoms with Crippen molar-refractivity contribution in [1.29, 1.82) is 0 Å². The van der Waals surface area contributed by atoms with Crippen molar-refractivity contribution in [3.05, 3.63) is 29.0 Å². The van der Waals surface area contributed by atoms with E-state index in [-0.39, 0.29) is 6.04 Å². The molecule has 0 saturated carbocycles. The average Bonchev–Trinajstić information content (AvgIpc) is 2.18. The van der Waals surface area contributed by atoms with Crippen molar-refractivity contribution in [2.24, 2.45) is 5.73 Å². The van der Waals surface area contributed by atoms with Gasteiger partial charge in [0.2, 0.25) is 0 Å². The molecule has 3 nitrogen and oxygen atoms in total. The van der Waals surface area contributed by atoms with Crippen LogP contribution in [0.4, 0.5) is 0 Å². The van der Waals surface area contributed by atoms with E-state index in [2.05, 4.69) is 4.98 Å². The van der Waals surface area contributed by atoms with Crippen LogP contribution in [-0.2, 0) is 11.2 Å². The van der Waals surface area contributed by atoms with E-state index in [4.69, 9.17) is 22.1 Å². The number of methoxy groups -OCH3 is 1. The van der Waals surface area contributed by atoms with Gasteiger partial charge in [0.15, 0.2) is 0 Å². The molecule has 1 aromatic heterocycles. The molecule has 0 spiro atoms. The van der Waals surface area contributed by atoms with Gasteiger partial charge in [0.05, 0.1) is 5.02 Å². The molecule has 1 rings (SSSR count). The first-order chi connectivity index (χ1) is 6.74. The van der Waals surface area contributed by atoms with Crippen molar-refractivity contribution in [2.45, 2.75) is 18.9 Å². The van der Waals surface area contributed by atoms with Crippen LogP contribution >= 0.6 is 11.6 Å². The molecule has 1 aromatic rings. The Morgan fingerprint density at radius 2 is 2.43 bits per heavy atom. The Balaban J connectivity index is 2.47. The first-order valence-electron chi connectivity index (χ1n) is 4.57. The van der Waals surface area contributed by atoms with E-state index in [0.29, 0.717) is 11.6 Å². The Morgan fingerprint density at radius 1 is 1.64 bits per heavy atom. The molecule has 0 aliphatic heterocycles. The van der Waals surface area contributed by atoms with Crippen LogP contribution in [0.2, 0.25) is 5.02 Å². The normalized spacial score (nSPS) is 12.8. The predicted octanol–water partition coefficient (Wildman–Crippen LogP) is 1.64. The molecule has 4 heteroatoms. The minimum absolute atomic E-state index is 0.0925. The SMILES string of the molecule is COCCC(N)Cc1ccncc1Cl. The lowest BCUT2D eigenvalue weighted by molar-refractivity contribution is 0.188. The predicted molar refractivity (Wildman–Crippen MR) is 57.4 cm³/mol. The maximum atomic E-state index is 5.95. The Hall–Kier alpha value is -0.640. The number of ether oxygens (including phenoxy) is 1. The van der Waals surface area contributed by atoms with Crippen molar-refractivity contribution >= 4 is 11.6 Å². The summed E-state index contributed by atoms with van der Waals surface area (Å²) in [7, 11) is 1.67. The van der Waals surface area contributed by atoms with E-state index in [0.717, 1.165) is 18.4 Å². The minimum atomic E-state index is 0.0925. The monoisotopic (exact) mass is 214 g/mol. The van der Waals surface area contributed by atoms with E-state index >= 15 is 0 Å². The molecule has 0 amide bonds. The van der Waals surface area contributed by atoms with Crippen molar-refractivity contribution in [3.8, 4) is 0 Å². The van der Waals surface area contributed by atoms with Crippen molar-refractivity contribution < 1.29 is 4.74 Å². The number of hydrogen-bond donors (Lipinski definition) is 1. The number of nitrogens with two attached hydrogens (primary N) is 1. The maximum absolute atomic E-state index is 5.95. The fourth-order valence-corrected chi connectivity index (χ4v) is 1.42. The first-order valence-corrected chi connectivity index (χ1v) is 4.94. The highest BCUT2D eigenvalue weighted by Gasteiger charge is 2.06. The smallest absolute Gasteiger partial charge is 0.0621 e. The number of rotatable bonds is 5. The van der Waals surface area contributed by atoms with E-state index in [1.807, 2.05) is 6.07 Å². The van der Waals surface area contributed by atoms with Gasteiger partial charge in [-0.15, -0.1) is 0 Å². The minimum Gasteiger partial charge on any atom is -0.385 e. The molecule has 0 aliphatic rings. The molecular formula is C10H15ClN2O. The summed E-state index contributed by atoms with van der Waals surface area (Å²) in [6, 6.07) is 1.99. The van der Waals surface area contributed by atoms with Crippen molar-refractivity contribution in [3.63, 3.8) is 0 Å². The van der Waals surface area contributed by atoms with Crippen molar-refractivity contribution in [2.75, 3.05) is 13.7 Å². The van der Waals surface area contributed by atoms with Gasteiger partial charge in [0.25, 0.3) is 0 Å². The van der Waals surface area contributed by atoms with Crippen LogP contribution in [0.5, 0.6) is 0 Å². The molecular weight excluding hydrogens is 200 g/mol. The van der Waals surface area contributed by atoms with E-state index < -0.39 is 0 Å². The Labute approximate surface area is 89.2 Å². The molecule has 0 aliphatic carbocycles. The highest BCUT2D eigenvalue weighted by molar-refractivity contribution is 6.31. The van der Waals surface area contributed by atoms with E-state index in [1.54, 1.807) is 19.5 Å². The largest absolute Gasteiger partial charge is 0.385 e. The highest BCUT2D eigenvalue weighted by atomic mass is 35.5. The molecule has 1 atom stereocenters.